The molecule has 0 bridgehead atoms. The molecule has 2 heterocycles. The summed E-state index contributed by atoms with van der Waals surface area (Å²) in [6.45, 7) is 2.70. The number of carbonyl (C=O) groups is 1. The molecule has 4 unspecified atom stereocenters. The summed E-state index contributed by atoms with van der Waals surface area (Å²) in [5.41, 5.74) is 12.7. The lowest BCUT2D eigenvalue weighted by Gasteiger charge is -2.39. The molecule has 0 radical (unpaired) electrons. The highest BCUT2D eigenvalue weighted by Gasteiger charge is 2.50. The van der Waals surface area contributed by atoms with Crippen LogP contribution >= 0.6 is 0 Å². The number of esters is 1. The van der Waals surface area contributed by atoms with E-state index in [2.05, 4.69) is 33.8 Å². The predicted molar refractivity (Wildman–Crippen MR) is 198 cm³/mol. The quantitative estimate of drug-likeness (QED) is 0.118. The van der Waals surface area contributed by atoms with Crippen LogP contribution in [-0.2, 0) is 27.8 Å². The van der Waals surface area contributed by atoms with Crippen LogP contribution in [0.1, 0.15) is 66.0 Å². The van der Waals surface area contributed by atoms with Gasteiger partial charge in [0.15, 0.2) is 11.5 Å². The van der Waals surface area contributed by atoms with Gasteiger partial charge >= 0.3 is 5.97 Å². The van der Waals surface area contributed by atoms with E-state index in [1.807, 2.05) is 44.6 Å². The third-order valence-corrected chi connectivity index (χ3v) is 10.9. The summed E-state index contributed by atoms with van der Waals surface area (Å²) in [6.07, 6.45) is 5.57. The van der Waals surface area contributed by atoms with Gasteiger partial charge in [0.25, 0.3) is 0 Å². The fourth-order valence-electron chi connectivity index (χ4n) is 8.81. The van der Waals surface area contributed by atoms with Crippen LogP contribution in [0, 0.1) is 5.92 Å². The number of pyridine rings is 1. The van der Waals surface area contributed by atoms with E-state index in [1.165, 1.54) is 6.92 Å². The second-order valence-electron chi connectivity index (χ2n) is 14.5. The Morgan fingerprint density at radius 1 is 1.08 bits per heavy atom. The number of nitrogen functional groups attached to an aromatic ring is 1. The minimum Gasteiger partial charge on any atom is -0.508 e. The first-order valence-electron chi connectivity index (χ1n) is 18.0. The monoisotopic (exact) mass is 708 g/mol. The van der Waals surface area contributed by atoms with Gasteiger partial charge in [-0.1, -0.05) is 24.3 Å². The Kier molecular flexibility index (Phi) is 9.91. The van der Waals surface area contributed by atoms with Crippen LogP contribution in [0.3, 0.4) is 0 Å². The van der Waals surface area contributed by atoms with E-state index < -0.39 is 6.10 Å². The lowest BCUT2D eigenvalue weighted by atomic mass is 9.65. The highest BCUT2D eigenvalue weighted by molar-refractivity contribution is 5.84. The van der Waals surface area contributed by atoms with Gasteiger partial charge in [-0.05, 0) is 98.6 Å². The second kappa shape index (κ2) is 14.6. The molecule has 1 spiro atoms. The summed E-state index contributed by atoms with van der Waals surface area (Å²) in [4.78, 5) is 16.5. The number of methoxy groups -OCH3 is 1. The standard InChI is InChI=1S/C41H48N4O7/c1-23(46)50-22-32-30-7-8-31-37-27(14-28(47)16-35(37)49-4)18-41(12-11-24(17-41)13-25-5-10-36(42)45-19-25)38(31)40(30)52-39(32)26-6-9-33(48)34(15-26)51-29(20-43-2)21-44-3/h5-10,14-16,19,24,29,32,39,43-44,47-48H,11-13,17-18,20-22H2,1-4H3,(H2,42,45). The third-order valence-electron chi connectivity index (χ3n) is 10.9. The van der Waals surface area contributed by atoms with Crippen molar-refractivity contribution in [2.45, 2.75) is 62.6 Å². The van der Waals surface area contributed by atoms with Crippen molar-refractivity contribution < 1.29 is 34.0 Å². The number of phenolic OH excluding ortho intramolecular Hbond substituents is 2. The number of ether oxygens (including phenoxy) is 4. The molecule has 0 saturated heterocycles. The first-order valence-corrected chi connectivity index (χ1v) is 18.0. The summed E-state index contributed by atoms with van der Waals surface area (Å²) in [5, 5.41) is 27.9. The number of benzene rings is 3. The number of likely N-dealkylation sites (N-methyl/N-ethyl adjacent to an activating group) is 2. The number of fused-ring (bicyclic) bond motifs is 6. The van der Waals surface area contributed by atoms with Crippen molar-refractivity contribution in [3.05, 3.63) is 88.6 Å². The molecule has 4 aromatic rings. The lowest BCUT2D eigenvalue weighted by molar-refractivity contribution is -0.141. The molecule has 7 rings (SSSR count). The van der Waals surface area contributed by atoms with Crippen molar-refractivity contribution in [1.82, 2.24) is 15.6 Å². The van der Waals surface area contributed by atoms with Crippen LogP contribution in [0.4, 0.5) is 5.82 Å². The maximum absolute atomic E-state index is 12.2. The fraction of sp³-hybridized carbons (Fsp3) is 0.415. The Morgan fingerprint density at radius 3 is 2.60 bits per heavy atom. The van der Waals surface area contributed by atoms with Gasteiger partial charge in [0.1, 0.15) is 41.9 Å². The summed E-state index contributed by atoms with van der Waals surface area (Å²) in [6, 6.07) is 17.0. The molecule has 11 heteroatoms. The van der Waals surface area contributed by atoms with Gasteiger partial charge in [-0.15, -0.1) is 0 Å². The number of nitrogens with zero attached hydrogens (tertiary/aromatic N) is 1. The largest absolute Gasteiger partial charge is 0.508 e. The molecular weight excluding hydrogens is 660 g/mol. The van der Waals surface area contributed by atoms with Crippen LogP contribution in [-0.4, -0.2) is 68.2 Å². The molecule has 274 valence electrons. The normalized spacial score (nSPS) is 21.4. The van der Waals surface area contributed by atoms with Crippen molar-refractivity contribution in [2.24, 2.45) is 5.92 Å². The molecule has 6 N–H and O–H groups in total. The Morgan fingerprint density at radius 2 is 1.88 bits per heavy atom. The summed E-state index contributed by atoms with van der Waals surface area (Å²) < 4.78 is 25.0. The molecule has 11 nitrogen and oxygen atoms in total. The zero-order valence-corrected chi connectivity index (χ0v) is 30.2. The van der Waals surface area contributed by atoms with Gasteiger partial charge < -0.3 is 45.5 Å². The second-order valence-corrected chi connectivity index (χ2v) is 14.5. The molecule has 3 aromatic carbocycles. The zero-order valence-electron chi connectivity index (χ0n) is 30.2. The zero-order chi connectivity index (χ0) is 36.6. The number of nitrogens with two attached hydrogens (primary N) is 1. The number of hydrogen-bond donors (Lipinski definition) is 5. The number of rotatable bonds is 12. The van der Waals surface area contributed by atoms with Crippen LogP contribution < -0.4 is 30.6 Å². The van der Waals surface area contributed by atoms with Crippen LogP contribution in [0.25, 0.3) is 11.1 Å². The van der Waals surface area contributed by atoms with E-state index in [0.29, 0.717) is 42.7 Å². The molecule has 1 aliphatic heterocycles. The first-order chi connectivity index (χ1) is 25.1. The molecule has 1 saturated carbocycles. The van der Waals surface area contributed by atoms with Crippen LogP contribution in [0.5, 0.6) is 28.7 Å². The number of anilines is 1. The minimum atomic E-state index is -0.519. The van der Waals surface area contributed by atoms with E-state index in [1.54, 1.807) is 19.2 Å². The number of hydrogen-bond acceptors (Lipinski definition) is 11. The maximum atomic E-state index is 12.2. The van der Waals surface area contributed by atoms with Gasteiger partial charge in [0.2, 0.25) is 0 Å². The molecule has 4 atom stereocenters. The van der Waals surface area contributed by atoms with E-state index in [9.17, 15) is 15.0 Å². The Bertz CT molecular complexity index is 1940. The van der Waals surface area contributed by atoms with Gasteiger partial charge in [-0.2, -0.15) is 0 Å². The lowest BCUT2D eigenvalue weighted by Crippen LogP contribution is -2.37. The molecular formula is C41H48N4O7. The van der Waals surface area contributed by atoms with Gasteiger partial charge in [0, 0.05) is 54.4 Å². The highest BCUT2D eigenvalue weighted by atomic mass is 16.5. The van der Waals surface area contributed by atoms with E-state index in [4.69, 9.17) is 24.7 Å². The van der Waals surface area contributed by atoms with Gasteiger partial charge in [-0.3, -0.25) is 4.79 Å². The fourth-order valence-corrected chi connectivity index (χ4v) is 8.81. The van der Waals surface area contributed by atoms with Gasteiger partial charge in [-0.25, -0.2) is 4.98 Å². The molecule has 1 aromatic heterocycles. The smallest absolute Gasteiger partial charge is 0.302 e. The molecule has 0 amide bonds. The third kappa shape index (κ3) is 6.70. The average Bonchev–Trinajstić information content (AvgIpc) is 3.69. The van der Waals surface area contributed by atoms with E-state index in [-0.39, 0.29) is 41.5 Å². The molecule has 1 fully saturated rings. The Balaban J connectivity index is 1.33. The van der Waals surface area contributed by atoms with Crippen molar-refractivity contribution in [3.8, 4) is 39.9 Å². The predicted octanol–water partition coefficient (Wildman–Crippen LogP) is 5.55. The number of carbonyl (C=O) groups excluding carboxylic acids is 1. The van der Waals surface area contributed by atoms with Crippen molar-refractivity contribution in [1.29, 1.82) is 0 Å². The molecule has 3 aliphatic rings. The van der Waals surface area contributed by atoms with Crippen LogP contribution in [0.15, 0.2) is 60.8 Å². The SMILES string of the molecule is CNCC(CNC)Oc1cc(C2Oc3c(ccc4c3C3(CCC(Cc5ccc(N)nc5)C3)Cc3cc(O)cc(OC)c3-4)C2COC(C)=O)ccc1O. The van der Waals surface area contributed by atoms with Crippen molar-refractivity contribution in [3.63, 3.8) is 0 Å². The first kappa shape index (κ1) is 35.4. The topological polar surface area (TPSA) is 157 Å². The minimum absolute atomic E-state index is 0.0320. The number of aromatic nitrogens is 1. The summed E-state index contributed by atoms with van der Waals surface area (Å²) in [7, 11) is 5.34. The maximum Gasteiger partial charge on any atom is 0.302 e. The van der Waals surface area contributed by atoms with Crippen LogP contribution in [0.2, 0.25) is 0 Å². The van der Waals surface area contributed by atoms with Crippen molar-refractivity contribution >= 4 is 11.8 Å². The summed E-state index contributed by atoms with van der Waals surface area (Å²) in [5.74, 6) is 2.18. The van der Waals surface area contributed by atoms with Gasteiger partial charge in [0.05, 0.1) is 13.0 Å². The Hall–Kier alpha value is -5.00. The number of nitrogens with one attached hydrogen (secondary N) is 2. The number of aromatic hydroxyl groups is 2. The van der Waals surface area contributed by atoms with Crippen molar-refractivity contribution in [2.75, 3.05) is 46.6 Å². The average molecular weight is 709 g/mol. The highest BCUT2D eigenvalue weighted by Crippen LogP contribution is 2.62. The number of phenols is 2. The van der Waals surface area contributed by atoms with E-state index in [0.717, 1.165) is 70.4 Å². The molecule has 52 heavy (non-hydrogen) atoms. The molecule has 2 aliphatic carbocycles. The van der Waals surface area contributed by atoms with E-state index >= 15 is 0 Å². The summed E-state index contributed by atoms with van der Waals surface area (Å²) >= 11 is 0. The Labute approximate surface area is 304 Å².